The lowest BCUT2D eigenvalue weighted by atomic mass is 9.89. The lowest BCUT2D eigenvalue weighted by Crippen LogP contribution is -2.33. The Morgan fingerprint density at radius 1 is 1.30 bits per heavy atom. The highest BCUT2D eigenvalue weighted by atomic mass is 35.5. The van der Waals surface area contributed by atoms with Crippen LogP contribution in [0.4, 0.5) is 5.69 Å². The van der Waals surface area contributed by atoms with Crippen LogP contribution < -0.4 is 5.73 Å². The van der Waals surface area contributed by atoms with Crippen LogP contribution in [0.2, 0.25) is 0 Å². The van der Waals surface area contributed by atoms with Gasteiger partial charge in [0.1, 0.15) is 0 Å². The molecule has 0 atom stereocenters. The first kappa shape index (κ1) is 16.8. The molecule has 0 spiro atoms. The number of carbonyl (C=O) groups excluding carboxylic acids is 1. The van der Waals surface area contributed by atoms with Gasteiger partial charge in [0.15, 0.2) is 0 Å². The summed E-state index contributed by atoms with van der Waals surface area (Å²) in [4.78, 5) is 14.3. The van der Waals surface area contributed by atoms with Crippen LogP contribution in [-0.2, 0) is 0 Å². The number of anilines is 1. The fraction of sp³-hybridized carbons (Fsp3) is 0.562. The predicted molar refractivity (Wildman–Crippen MR) is 86.4 cm³/mol. The predicted octanol–water partition coefficient (Wildman–Crippen LogP) is 3.65. The Labute approximate surface area is 127 Å². The molecule has 0 unspecified atom stereocenters. The normalized spacial score (nSPS) is 15.5. The van der Waals surface area contributed by atoms with E-state index in [0.29, 0.717) is 11.6 Å². The number of amides is 1. The summed E-state index contributed by atoms with van der Waals surface area (Å²) in [5, 5.41) is 0. The van der Waals surface area contributed by atoms with Gasteiger partial charge in [0.25, 0.3) is 5.91 Å². The first-order chi connectivity index (χ1) is 9.08. The van der Waals surface area contributed by atoms with Crippen LogP contribution >= 0.6 is 12.4 Å². The van der Waals surface area contributed by atoms with E-state index in [9.17, 15) is 4.79 Å². The molecule has 112 valence electrons. The van der Waals surface area contributed by atoms with Gasteiger partial charge in [-0.25, -0.2) is 0 Å². The second kappa shape index (κ2) is 7.53. The Morgan fingerprint density at radius 2 is 1.95 bits per heavy atom. The molecule has 0 radical (unpaired) electrons. The zero-order chi connectivity index (χ0) is 13.8. The Kier molecular flexibility index (Phi) is 6.34. The van der Waals surface area contributed by atoms with Gasteiger partial charge in [-0.3, -0.25) is 4.79 Å². The van der Waals surface area contributed by atoms with E-state index in [1.165, 1.54) is 32.1 Å². The summed E-state index contributed by atoms with van der Waals surface area (Å²) in [6.45, 7) is 2.83. The van der Waals surface area contributed by atoms with Gasteiger partial charge in [-0.15, -0.1) is 12.4 Å². The molecular formula is C16H25ClN2O. The average Bonchev–Trinajstić information content (AvgIpc) is 2.42. The van der Waals surface area contributed by atoms with Crippen molar-refractivity contribution in [3.05, 3.63) is 29.3 Å². The SMILES string of the molecule is Cc1ccc(N)cc1C(=O)N(C)CC1CCCCC1.Cl. The molecular weight excluding hydrogens is 272 g/mol. The van der Waals surface area contributed by atoms with Gasteiger partial charge >= 0.3 is 0 Å². The van der Waals surface area contributed by atoms with E-state index in [4.69, 9.17) is 5.73 Å². The monoisotopic (exact) mass is 296 g/mol. The molecule has 1 saturated carbocycles. The van der Waals surface area contributed by atoms with Crippen molar-refractivity contribution in [3.63, 3.8) is 0 Å². The number of hydrogen-bond acceptors (Lipinski definition) is 2. The van der Waals surface area contributed by atoms with E-state index in [1.54, 1.807) is 6.07 Å². The lowest BCUT2D eigenvalue weighted by molar-refractivity contribution is 0.0760. The van der Waals surface area contributed by atoms with Gasteiger partial charge in [0.2, 0.25) is 0 Å². The smallest absolute Gasteiger partial charge is 0.253 e. The second-order valence-electron chi connectivity index (χ2n) is 5.76. The Bertz CT molecular complexity index is 456. The minimum Gasteiger partial charge on any atom is -0.399 e. The molecule has 0 aromatic heterocycles. The Balaban J connectivity index is 0.00000200. The molecule has 2 N–H and O–H groups in total. The molecule has 0 aliphatic heterocycles. The Morgan fingerprint density at radius 3 is 2.60 bits per heavy atom. The van der Waals surface area contributed by atoms with Gasteiger partial charge in [-0.2, -0.15) is 0 Å². The van der Waals surface area contributed by atoms with E-state index >= 15 is 0 Å². The van der Waals surface area contributed by atoms with Crippen LogP contribution in [0.15, 0.2) is 18.2 Å². The summed E-state index contributed by atoms with van der Waals surface area (Å²) in [5.41, 5.74) is 8.16. The number of hydrogen-bond donors (Lipinski definition) is 1. The largest absolute Gasteiger partial charge is 0.399 e. The van der Waals surface area contributed by atoms with Crippen molar-refractivity contribution in [1.82, 2.24) is 4.90 Å². The van der Waals surface area contributed by atoms with Crippen molar-refractivity contribution in [2.45, 2.75) is 39.0 Å². The fourth-order valence-electron chi connectivity index (χ4n) is 2.92. The van der Waals surface area contributed by atoms with Crippen molar-refractivity contribution in [2.24, 2.45) is 5.92 Å². The number of nitrogens with two attached hydrogens (primary N) is 1. The van der Waals surface area contributed by atoms with Crippen molar-refractivity contribution in [3.8, 4) is 0 Å². The highest BCUT2D eigenvalue weighted by Gasteiger charge is 2.20. The maximum Gasteiger partial charge on any atom is 0.253 e. The summed E-state index contributed by atoms with van der Waals surface area (Å²) < 4.78 is 0. The second-order valence-corrected chi connectivity index (χ2v) is 5.76. The van der Waals surface area contributed by atoms with Crippen LogP contribution in [0.5, 0.6) is 0 Å². The minimum absolute atomic E-state index is 0. The summed E-state index contributed by atoms with van der Waals surface area (Å²) >= 11 is 0. The number of halogens is 1. The van der Waals surface area contributed by atoms with Crippen molar-refractivity contribution in [1.29, 1.82) is 0 Å². The van der Waals surface area contributed by atoms with Crippen molar-refractivity contribution in [2.75, 3.05) is 19.3 Å². The van der Waals surface area contributed by atoms with Crippen molar-refractivity contribution < 1.29 is 4.79 Å². The van der Waals surface area contributed by atoms with Crippen molar-refractivity contribution >= 4 is 24.0 Å². The Hall–Kier alpha value is -1.22. The molecule has 0 bridgehead atoms. The van der Waals surface area contributed by atoms with Crippen LogP contribution in [0, 0.1) is 12.8 Å². The number of benzene rings is 1. The number of carbonyl (C=O) groups is 1. The van der Waals surface area contributed by atoms with Crippen LogP contribution in [-0.4, -0.2) is 24.4 Å². The van der Waals surface area contributed by atoms with Gasteiger partial charge < -0.3 is 10.6 Å². The maximum atomic E-state index is 12.5. The van der Waals surface area contributed by atoms with Gasteiger partial charge in [0.05, 0.1) is 0 Å². The molecule has 1 amide bonds. The zero-order valence-electron chi connectivity index (χ0n) is 12.4. The fourth-order valence-corrected chi connectivity index (χ4v) is 2.92. The van der Waals surface area contributed by atoms with E-state index in [1.807, 2.05) is 31.0 Å². The van der Waals surface area contributed by atoms with Crippen LogP contribution in [0.1, 0.15) is 48.0 Å². The maximum absolute atomic E-state index is 12.5. The van der Waals surface area contributed by atoms with E-state index in [0.717, 1.165) is 17.7 Å². The molecule has 4 heteroatoms. The molecule has 3 nitrogen and oxygen atoms in total. The molecule has 2 rings (SSSR count). The third-order valence-corrected chi connectivity index (χ3v) is 4.10. The lowest BCUT2D eigenvalue weighted by Gasteiger charge is -2.27. The summed E-state index contributed by atoms with van der Waals surface area (Å²) in [6, 6.07) is 5.54. The number of rotatable bonds is 3. The minimum atomic E-state index is 0. The molecule has 1 aromatic rings. The number of nitrogen functional groups attached to an aromatic ring is 1. The molecule has 0 saturated heterocycles. The van der Waals surface area contributed by atoms with Gasteiger partial charge in [0, 0.05) is 24.8 Å². The molecule has 20 heavy (non-hydrogen) atoms. The first-order valence-corrected chi connectivity index (χ1v) is 7.19. The molecule has 1 aromatic carbocycles. The molecule has 0 heterocycles. The molecule has 1 fully saturated rings. The molecule has 1 aliphatic carbocycles. The van der Waals surface area contributed by atoms with E-state index < -0.39 is 0 Å². The van der Waals surface area contributed by atoms with Crippen LogP contribution in [0.25, 0.3) is 0 Å². The van der Waals surface area contributed by atoms with E-state index in [2.05, 4.69) is 0 Å². The number of nitrogens with zero attached hydrogens (tertiary/aromatic N) is 1. The van der Waals surface area contributed by atoms with E-state index in [-0.39, 0.29) is 18.3 Å². The third-order valence-electron chi connectivity index (χ3n) is 4.10. The summed E-state index contributed by atoms with van der Waals surface area (Å²) in [6.07, 6.45) is 6.48. The highest BCUT2D eigenvalue weighted by Crippen LogP contribution is 2.25. The first-order valence-electron chi connectivity index (χ1n) is 7.19. The standard InChI is InChI=1S/C16H24N2O.ClH/c1-12-8-9-14(17)10-15(12)16(19)18(2)11-13-6-4-3-5-7-13;/h8-10,13H,3-7,11,17H2,1-2H3;1H. The number of aryl methyl sites for hydroxylation is 1. The third kappa shape index (κ3) is 4.14. The summed E-state index contributed by atoms with van der Waals surface area (Å²) in [5.74, 6) is 0.763. The highest BCUT2D eigenvalue weighted by molar-refractivity contribution is 5.96. The summed E-state index contributed by atoms with van der Waals surface area (Å²) in [7, 11) is 1.90. The molecule has 1 aliphatic rings. The van der Waals surface area contributed by atoms with Crippen LogP contribution in [0.3, 0.4) is 0 Å². The quantitative estimate of drug-likeness (QED) is 0.865. The zero-order valence-corrected chi connectivity index (χ0v) is 13.2. The average molecular weight is 297 g/mol. The topological polar surface area (TPSA) is 46.3 Å². The van der Waals surface area contributed by atoms with Gasteiger partial charge in [-0.1, -0.05) is 25.3 Å². The van der Waals surface area contributed by atoms with Gasteiger partial charge in [-0.05, 0) is 43.4 Å².